The predicted molar refractivity (Wildman–Crippen MR) is 90.6 cm³/mol. The van der Waals surface area contributed by atoms with Gasteiger partial charge in [0.1, 0.15) is 5.82 Å². The Morgan fingerprint density at radius 3 is 2.65 bits per heavy atom. The molecule has 0 atom stereocenters. The minimum absolute atomic E-state index is 0.00965. The average molecular weight is 329 g/mol. The third kappa shape index (κ3) is 3.76. The van der Waals surface area contributed by atoms with E-state index in [2.05, 4.69) is 10.3 Å². The van der Waals surface area contributed by atoms with Gasteiger partial charge in [-0.2, -0.15) is 0 Å². The minimum atomic E-state index is -0.0644. The molecule has 0 aliphatic carbocycles. The van der Waals surface area contributed by atoms with Gasteiger partial charge < -0.3 is 10.2 Å². The number of carbonyl (C=O) groups is 2. The van der Waals surface area contributed by atoms with Gasteiger partial charge in [-0.1, -0.05) is 12.1 Å². The van der Waals surface area contributed by atoms with Gasteiger partial charge in [0.05, 0.1) is 4.88 Å². The van der Waals surface area contributed by atoms with Crippen molar-refractivity contribution in [3.63, 3.8) is 0 Å². The van der Waals surface area contributed by atoms with Crippen LogP contribution in [-0.2, 0) is 4.79 Å². The Morgan fingerprint density at radius 2 is 2.04 bits per heavy atom. The zero-order valence-corrected chi connectivity index (χ0v) is 13.8. The summed E-state index contributed by atoms with van der Waals surface area (Å²) in [6.07, 6.45) is 3.11. The number of piperidine rings is 1. The molecule has 0 unspecified atom stereocenters. The number of nitrogens with zero attached hydrogens (tertiary/aromatic N) is 2. The van der Waals surface area contributed by atoms with Crippen molar-refractivity contribution < 1.29 is 9.59 Å². The van der Waals surface area contributed by atoms with Crippen molar-refractivity contribution in [2.24, 2.45) is 5.92 Å². The normalized spacial score (nSPS) is 15.4. The minimum Gasteiger partial charge on any atom is -0.338 e. The molecular weight excluding hydrogens is 310 g/mol. The fourth-order valence-corrected chi connectivity index (χ4v) is 3.36. The Labute approximate surface area is 139 Å². The molecule has 5 nitrogen and oxygen atoms in total. The highest BCUT2D eigenvalue weighted by molar-refractivity contribution is 7.12. The second-order valence-corrected chi connectivity index (χ2v) is 6.70. The van der Waals surface area contributed by atoms with E-state index in [0.717, 1.165) is 10.4 Å². The Hall–Kier alpha value is -2.21. The maximum absolute atomic E-state index is 12.3. The molecule has 1 aliphatic heterocycles. The smallest absolute Gasteiger partial charge is 0.263 e. The number of hydrogen-bond acceptors (Lipinski definition) is 4. The summed E-state index contributed by atoms with van der Waals surface area (Å²) >= 11 is 1.46. The van der Waals surface area contributed by atoms with Gasteiger partial charge in [0, 0.05) is 25.2 Å². The van der Waals surface area contributed by atoms with Crippen LogP contribution < -0.4 is 5.32 Å². The first kappa shape index (κ1) is 15.7. The van der Waals surface area contributed by atoms with E-state index in [-0.39, 0.29) is 17.7 Å². The van der Waals surface area contributed by atoms with Gasteiger partial charge in [-0.15, -0.1) is 11.3 Å². The van der Waals surface area contributed by atoms with E-state index < -0.39 is 0 Å². The lowest BCUT2D eigenvalue weighted by Gasteiger charge is -2.31. The van der Waals surface area contributed by atoms with Gasteiger partial charge in [0.2, 0.25) is 5.91 Å². The molecule has 2 aromatic heterocycles. The Balaban J connectivity index is 1.53. The van der Waals surface area contributed by atoms with E-state index in [1.54, 1.807) is 6.20 Å². The number of thiophene rings is 1. The first-order chi connectivity index (χ1) is 11.1. The molecule has 0 bridgehead atoms. The number of pyridine rings is 1. The largest absolute Gasteiger partial charge is 0.338 e. The van der Waals surface area contributed by atoms with Crippen LogP contribution in [0.4, 0.5) is 5.82 Å². The summed E-state index contributed by atoms with van der Waals surface area (Å²) in [4.78, 5) is 31.4. The number of rotatable bonds is 3. The van der Waals surface area contributed by atoms with E-state index in [0.29, 0.717) is 31.7 Å². The number of carbonyl (C=O) groups excluding carboxylic acids is 2. The molecule has 0 saturated carbocycles. The maximum atomic E-state index is 12.3. The number of nitrogens with one attached hydrogen (secondary N) is 1. The van der Waals surface area contributed by atoms with Crippen LogP contribution in [0.3, 0.4) is 0 Å². The summed E-state index contributed by atoms with van der Waals surface area (Å²) in [5.41, 5.74) is 1.06. The summed E-state index contributed by atoms with van der Waals surface area (Å²) in [5, 5.41) is 4.76. The molecule has 23 heavy (non-hydrogen) atoms. The zero-order valence-electron chi connectivity index (χ0n) is 13.0. The molecule has 3 heterocycles. The summed E-state index contributed by atoms with van der Waals surface area (Å²) in [6.45, 7) is 3.20. The monoisotopic (exact) mass is 329 g/mol. The SMILES string of the molecule is Cc1ccc(NC(=O)C2CCN(C(=O)c3cccs3)CC2)nc1. The van der Waals surface area contributed by atoms with Crippen molar-refractivity contribution in [3.05, 3.63) is 46.3 Å². The first-order valence-corrected chi connectivity index (χ1v) is 8.58. The molecule has 0 radical (unpaired) electrons. The van der Waals surface area contributed by atoms with Crippen LogP contribution in [-0.4, -0.2) is 34.8 Å². The summed E-state index contributed by atoms with van der Waals surface area (Å²) in [5.74, 6) is 0.576. The molecule has 0 aromatic carbocycles. The number of anilines is 1. The Morgan fingerprint density at radius 1 is 1.26 bits per heavy atom. The van der Waals surface area contributed by atoms with Crippen LogP contribution in [0, 0.1) is 12.8 Å². The average Bonchev–Trinajstić information content (AvgIpc) is 3.11. The van der Waals surface area contributed by atoms with Gasteiger partial charge in [0.15, 0.2) is 0 Å². The van der Waals surface area contributed by atoms with Crippen LogP contribution in [0.1, 0.15) is 28.1 Å². The predicted octanol–water partition coefficient (Wildman–Crippen LogP) is 2.94. The highest BCUT2D eigenvalue weighted by atomic mass is 32.1. The van der Waals surface area contributed by atoms with E-state index in [4.69, 9.17) is 0 Å². The van der Waals surface area contributed by atoms with Crippen LogP contribution >= 0.6 is 11.3 Å². The van der Waals surface area contributed by atoms with Crippen molar-refractivity contribution in [1.29, 1.82) is 0 Å². The van der Waals surface area contributed by atoms with Crippen LogP contribution in [0.5, 0.6) is 0 Å². The van der Waals surface area contributed by atoms with Crippen molar-refractivity contribution >= 4 is 29.0 Å². The maximum Gasteiger partial charge on any atom is 0.263 e. The van der Waals surface area contributed by atoms with Gasteiger partial charge in [-0.05, 0) is 42.8 Å². The summed E-state index contributed by atoms with van der Waals surface area (Å²) < 4.78 is 0. The van der Waals surface area contributed by atoms with Crippen LogP contribution in [0.2, 0.25) is 0 Å². The first-order valence-electron chi connectivity index (χ1n) is 7.70. The standard InChI is InChI=1S/C17H19N3O2S/c1-12-4-5-15(18-11-12)19-16(21)13-6-8-20(9-7-13)17(22)14-3-2-10-23-14/h2-5,10-11,13H,6-9H2,1H3,(H,18,19,21). The molecule has 6 heteroatoms. The summed E-state index contributed by atoms with van der Waals surface area (Å²) in [6, 6.07) is 7.45. The lowest BCUT2D eigenvalue weighted by atomic mass is 9.96. The molecule has 2 aromatic rings. The Bertz CT molecular complexity index is 674. The fourth-order valence-electron chi connectivity index (χ4n) is 2.67. The van der Waals surface area contributed by atoms with Crippen molar-refractivity contribution in [3.8, 4) is 0 Å². The Kier molecular flexibility index (Phi) is 4.71. The molecule has 3 rings (SSSR count). The molecular formula is C17H19N3O2S. The number of amides is 2. The van der Waals surface area contributed by atoms with Gasteiger partial charge in [0.25, 0.3) is 5.91 Å². The molecule has 1 aliphatic rings. The van der Waals surface area contributed by atoms with E-state index in [9.17, 15) is 9.59 Å². The van der Waals surface area contributed by atoms with Gasteiger partial charge in [-0.25, -0.2) is 4.98 Å². The lowest BCUT2D eigenvalue weighted by Crippen LogP contribution is -2.41. The third-order valence-corrected chi connectivity index (χ3v) is 4.91. The highest BCUT2D eigenvalue weighted by Gasteiger charge is 2.28. The second kappa shape index (κ2) is 6.91. The topological polar surface area (TPSA) is 62.3 Å². The fraction of sp³-hybridized carbons (Fsp3) is 0.353. The second-order valence-electron chi connectivity index (χ2n) is 5.75. The number of hydrogen-bond donors (Lipinski definition) is 1. The van der Waals surface area contributed by atoms with E-state index >= 15 is 0 Å². The lowest BCUT2D eigenvalue weighted by molar-refractivity contribution is -0.121. The molecule has 120 valence electrons. The van der Waals surface area contributed by atoms with E-state index in [1.165, 1.54) is 11.3 Å². The molecule has 1 saturated heterocycles. The van der Waals surface area contributed by atoms with Crippen LogP contribution in [0.15, 0.2) is 35.8 Å². The quantitative estimate of drug-likeness (QED) is 0.942. The molecule has 0 spiro atoms. The zero-order chi connectivity index (χ0) is 16.2. The molecule has 1 N–H and O–H groups in total. The van der Waals surface area contributed by atoms with Crippen molar-refractivity contribution in [1.82, 2.24) is 9.88 Å². The molecule has 2 amide bonds. The third-order valence-electron chi connectivity index (χ3n) is 4.05. The van der Waals surface area contributed by atoms with Gasteiger partial charge in [-0.3, -0.25) is 9.59 Å². The van der Waals surface area contributed by atoms with Crippen molar-refractivity contribution in [2.75, 3.05) is 18.4 Å². The summed E-state index contributed by atoms with van der Waals surface area (Å²) in [7, 11) is 0. The van der Waals surface area contributed by atoms with Crippen molar-refractivity contribution in [2.45, 2.75) is 19.8 Å². The highest BCUT2D eigenvalue weighted by Crippen LogP contribution is 2.22. The van der Waals surface area contributed by atoms with E-state index in [1.807, 2.05) is 41.5 Å². The number of aromatic nitrogens is 1. The molecule has 1 fully saturated rings. The number of aryl methyl sites for hydroxylation is 1. The van der Waals surface area contributed by atoms with Crippen LogP contribution in [0.25, 0.3) is 0 Å². The van der Waals surface area contributed by atoms with Gasteiger partial charge >= 0.3 is 0 Å². The number of likely N-dealkylation sites (tertiary alicyclic amines) is 1.